The third-order valence-electron chi connectivity index (χ3n) is 1.30. The van der Waals surface area contributed by atoms with E-state index in [4.69, 9.17) is 0 Å². The molecule has 11 heavy (non-hydrogen) atoms. The van der Waals surface area contributed by atoms with E-state index in [9.17, 15) is 9.59 Å². The molecule has 0 aromatic heterocycles. The van der Waals surface area contributed by atoms with Gasteiger partial charge in [0.05, 0.1) is 0 Å². The molecule has 3 heteroatoms. The summed E-state index contributed by atoms with van der Waals surface area (Å²) in [6.45, 7) is 8.28. The first-order valence-electron chi connectivity index (χ1n) is 3.58. The lowest BCUT2D eigenvalue weighted by Gasteiger charge is -2.31. The van der Waals surface area contributed by atoms with Crippen LogP contribution in [0, 0.1) is 0 Å². The Labute approximate surface area is 67.4 Å². The summed E-state index contributed by atoms with van der Waals surface area (Å²) in [4.78, 5) is 23.1. The van der Waals surface area contributed by atoms with E-state index in [0.29, 0.717) is 0 Å². The standard InChI is InChI=1S/C8H15NO2/c1-6(10)9(7(2)11)8(3,4)5/h1-5H3. The summed E-state index contributed by atoms with van der Waals surface area (Å²) in [6, 6.07) is 0. The molecule has 0 aliphatic rings. The predicted octanol–water partition coefficient (Wildman–Crippen LogP) is 1.18. The van der Waals surface area contributed by atoms with Gasteiger partial charge < -0.3 is 0 Å². The van der Waals surface area contributed by atoms with Crippen LogP contribution in [0.1, 0.15) is 34.6 Å². The molecule has 0 aromatic rings. The topological polar surface area (TPSA) is 37.4 Å². The third-order valence-corrected chi connectivity index (χ3v) is 1.30. The number of hydrogen-bond donors (Lipinski definition) is 0. The number of rotatable bonds is 0. The highest BCUT2D eigenvalue weighted by Crippen LogP contribution is 2.12. The van der Waals surface area contributed by atoms with Crippen molar-refractivity contribution >= 4 is 11.8 Å². The van der Waals surface area contributed by atoms with E-state index in [-0.39, 0.29) is 11.8 Å². The summed E-state index contributed by atoms with van der Waals surface area (Å²) < 4.78 is 0. The summed E-state index contributed by atoms with van der Waals surface area (Å²) in [7, 11) is 0. The highest BCUT2D eigenvalue weighted by molar-refractivity contribution is 5.93. The minimum Gasteiger partial charge on any atom is -0.278 e. The van der Waals surface area contributed by atoms with Gasteiger partial charge in [0.2, 0.25) is 11.8 Å². The summed E-state index contributed by atoms with van der Waals surface area (Å²) in [5, 5.41) is 0. The van der Waals surface area contributed by atoms with Crippen LogP contribution in [0.5, 0.6) is 0 Å². The number of carbonyl (C=O) groups excluding carboxylic acids is 2. The molecule has 0 radical (unpaired) electrons. The van der Waals surface area contributed by atoms with Crippen LogP contribution >= 0.6 is 0 Å². The lowest BCUT2D eigenvalue weighted by Crippen LogP contribution is -2.47. The zero-order chi connectivity index (χ0) is 9.23. The van der Waals surface area contributed by atoms with E-state index in [0.717, 1.165) is 0 Å². The Morgan fingerprint density at radius 2 is 1.27 bits per heavy atom. The first kappa shape index (κ1) is 10.1. The number of nitrogens with zero attached hydrogens (tertiary/aromatic N) is 1. The smallest absolute Gasteiger partial charge is 0.226 e. The van der Waals surface area contributed by atoms with Gasteiger partial charge in [0.1, 0.15) is 0 Å². The Bertz CT molecular complexity index is 165. The summed E-state index contributed by atoms with van der Waals surface area (Å²) >= 11 is 0. The minimum atomic E-state index is -0.405. The van der Waals surface area contributed by atoms with Crippen molar-refractivity contribution in [2.24, 2.45) is 0 Å². The van der Waals surface area contributed by atoms with Crippen LogP contribution in [-0.2, 0) is 9.59 Å². The monoisotopic (exact) mass is 157 g/mol. The normalized spacial score (nSPS) is 11.0. The van der Waals surface area contributed by atoms with Crippen LogP contribution in [0.2, 0.25) is 0 Å². The molecule has 0 heterocycles. The molecule has 3 nitrogen and oxygen atoms in total. The quantitative estimate of drug-likeness (QED) is 0.529. The summed E-state index contributed by atoms with van der Waals surface area (Å²) in [5.74, 6) is -0.407. The van der Waals surface area contributed by atoms with Crippen molar-refractivity contribution in [1.82, 2.24) is 4.90 Å². The second-order valence-corrected chi connectivity index (χ2v) is 3.54. The van der Waals surface area contributed by atoms with Gasteiger partial charge in [0.15, 0.2) is 0 Å². The number of imide groups is 1. The minimum absolute atomic E-state index is 0.204. The van der Waals surface area contributed by atoms with Gasteiger partial charge in [-0.1, -0.05) is 0 Å². The molecule has 0 aliphatic carbocycles. The Hall–Kier alpha value is -0.860. The molecule has 0 bridgehead atoms. The molecular weight excluding hydrogens is 142 g/mol. The molecule has 64 valence electrons. The molecular formula is C8H15NO2. The van der Waals surface area contributed by atoms with Crippen LogP contribution in [0.25, 0.3) is 0 Å². The maximum atomic E-state index is 10.9. The molecule has 0 spiro atoms. The fourth-order valence-electron chi connectivity index (χ4n) is 1.17. The SMILES string of the molecule is CC(=O)N(C(C)=O)C(C)(C)C. The summed E-state index contributed by atoms with van der Waals surface area (Å²) in [6.07, 6.45) is 0. The number of amides is 2. The number of hydrogen-bond acceptors (Lipinski definition) is 2. The zero-order valence-electron chi connectivity index (χ0n) is 7.76. The summed E-state index contributed by atoms with van der Waals surface area (Å²) in [5.41, 5.74) is -0.405. The van der Waals surface area contributed by atoms with Crippen LogP contribution < -0.4 is 0 Å². The van der Waals surface area contributed by atoms with Crippen LogP contribution in [-0.4, -0.2) is 22.3 Å². The maximum absolute atomic E-state index is 10.9. The average Bonchev–Trinajstić information content (AvgIpc) is 1.54. The third kappa shape index (κ3) is 2.70. The molecule has 0 saturated carbocycles. The van der Waals surface area contributed by atoms with Gasteiger partial charge >= 0.3 is 0 Å². The van der Waals surface area contributed by atoms with Crippen LogP contribution in [0.15, 0.2) is 0 Å². The fraction of sp³-hybridized carbons (Fsp3) is 0.750. The van der Waals surface area contributed by atoms with Gasteiger partial charge in [-0.15, -0.1) is 0 Å². The van der Waals surface area contributed by atoms with Crippen molar-refractivity contribution < 1.29 is 9.59 Å². The molecule has 0 rings (SSSR count). The van der Waals surface area contributed by atoms with Crippen molar-refractivity contribution in [3.8, 4) is 0 Å². The molecule has 0 aromatic carbocycles. The van der Waals surface area contributed by atoms with Gasteiger partial charge in [-0.2, -0.15) is 0 Å². The lowest BCUT2D eigenvalue weighted by atomic mass is 10.1. The molecule has 0 N–H and O–H groups in total. The Morgan fingerprint density at radius 3 is 1.27 bits per heavy atom. The van der Waals surface area contributed by atoms with Crippen molar-refractivity contribution in [1.29, 1.82) is 0 Å². The van der Waals surface area contributed by atoms with E-state index < -0.39 is 5.54 Å². The van der Waals surface area contributed by atoms with E-state index in [1.807, 2.05) is 20.8 Å². The van der Waals surface area contributed by atoms with Crippen molar-refractivity contribution in [3.63, 3.8) is 0 Å². The van der Waals surface area contributed by atoms with E-state index in [1.54, 1.807) is 0 Å². The van der Waals surface area contributed by atoms with Crippen molar-refractivity contribution in [2.75, 3.05) is 0 Å². The van der Waals surface area contributed by atoms with E-state index in [1.165, 1.54) is 18.7 Å². The molecule has 2 amide bonds. The second-order valence-electron chi connectivity index (χ2n) is 3.54. The highest BCUT2D eigenvalue weighted by atomic mass is 16.2. The second kappa shape index (κ2) is 3.03. The van der Waals surface area contributed by atoms with Crippen LogP contribution in [0.3, 0.4) is 0 Å². The largest absolute Gasteiger partial charge is 0.278 e. The number of carbonyl (C=O) groups is 2. The Balaban J connectivity index is 4.63. The zero-order valence-corrected chi connectivity index (χ0v) is 7.76. The highest BCUT2D eigenvalue weighted by Gasteiger charge is 2.26. The Kier molecular flexibility index (Phi) is 2.79. The molecule has 0 atom stereocenters. The molecule has 0 saturated heterocycles. The molecule has 0 aliphatic heterocycles. The van der Waals surface area contributed by atoms with Gasteiger partial charge in [0, 0.05) is 19.4 Å². The predicted molar refractivity (Wildman–Crippen MR) is 43.0 cm³/mol. The fourth-order valence-corrected chi connectivity index (χ4v) is 1.17. The average molecular weight is 157 g/mol. The van der Waals surface area contributed by atoms with Crippen molar-refractivity contribution in [3.05, 3.63) is 0 Å². The first-order valence-corrected chi connectivity index (χ1v) is 3.58. The van der Waals surface area contributed by atoms with E-state index >= 15 is 0 Å². The van der Waals surface area contributed by atoms with Gasteiger partial charge in [-0.25, -0.2) is 0 Å². The molecule has 0 unspecified atom stereocenters. The molecule has 0 fully saturated rings. The van der Waals surface area contributed by atoms with Gasteiger partial charge in [-0.3, -0.25) is 14.5 Å². The first-order chi connectivity index (χ1) is 4.76. The Morgan fingerprint density at radius 1 is 1.00 bits per heavy atom. The maximum Gasteiger partial charge on any atom is 0.226 e. The van der Waals surface area contributed by atoms with Crippen molar-refractivity contribution in [2.45, 2.75) is 40.2 Å². The van der Waals surface area contributed by atoms with Gasteiger partial charge in [-0.05, 0) is 20.8 Å². The van der Waals surface area contributed by atoms with Crippen LogP contribution in [0.4, 0.5) is 0 Å². The van der Waals surface area contributed by atoms with E-state index in [2.05, 4.69) is 0 Å². The lowest BCUT2D eigenvalue weighted by molar-refractivity contribution is -0.147. The van der Waals surface area contributed by atoms with Gasteiger partial charge in [0.25, 0.3) is 0 Å².